The number of hydrogen-bond acceptors (Lipinski definition) is 3. The van der Waals surface area contributed by atoms with E-state index in [4.69, 9.17) is 5.73 Å². The molecule has 0 saturated heterocycles. The first-order valence-corrected chi connectivity index (χ1v) is 6.08. The number of hydrogen-bond donors (Lipinski definition) is 2. The minimum absolute atomic E-state index is 0.0635. The maximum Gasteiger partial charge on any atom is 0.240 e. The molecule has 4 nitrogen and oxygen atoms in total. The van der Waals surface area contributed by atoms with Gasteiger partial charge in [-0.25, -0.2) is 0 Å². The lowest BCUT2D eigenvalue weighted by Gasteiger charge is -2.25. The van der Waals surface area contributed by atoms with E-state index >= 15 is 0 Å². The van der Waals surface area contributed by atoms with Crippen LogP contribution in [0, 0.1) is 0 Å². The van der Waals surface area contributed by atoms with E-state index in [0.29, 0.717) is 19.4 Å². The first-order chi connectivity index (χ1) is 8.12. The first kappa shape index (κ1) is 13.6. The third kappa shape index (κ3) is 3.82. The summed E-state index contributed by atoms with van der Waals surface area (Å²) in [6.45, 7) is 4.47. The Balaban J connectivity index is 2.39. The molecule has 1 aromatic heterocycles. The van der Waals surface area contributed by atoms with Crippen LogP contribution in [0.2, 0.25) is 0 Å². The second-order valence-corrected chi connectivity index (χ2v) is 4.23. The Morgan fingerprint density at radius 3 is 2.71 bits per heavy atom. The molecule has 0 atom stereocenters. The van der Waals surface area contributed by atoms with Gasteiger partial charge >= 0.3 is 0 Å². The van der Waals surface area contributed by atoms with E-state index in [9.17, 15) is 4.79 Å². The molecule has 0 unspecified atom stereocenters. The number of pyridine rings is 1. The zero-order valence-corrected chi connectivity index (χ0v) is 10.6. The van der Waals surface area contributed by atoms with Gasteiger partial charge in [0.25, 0.3) is 0 Å². The predicted molar refractivity (Wildman–Crippen MR) is 68.5 cm³/mol. The van der Waals surface area contributed by atoms with E-state index < -0.39 is 5.54 Å². The lowest BCUT2D eigenvalue weighted by Crippen LogP contribution is -2.53. The molecule has 0 saturated carbocycles. The summed E-state index contributed by atoms with van der Waals surface area (Å²) in [4.78, 5) is 15.9. The average molecular weight is 235 g/mol. The molecule has 4 heteroatoms. The van der Waals surface area contributed by atoms with Gasteiger partial charge in [-0.1, -0.05) is 19.9 Å². The minimum atomic E-state index is -0.727. The van der Waals surface area contributed by atoms with Crippen LogP contribution in [-0.2, 0) is 11.2 Å². The molecule has 0 fully saturated rings. The number of amides is 1. The summed E-state index contributed by atoms with van der Waals surface area (Å²) in [5.41, 5.74) is 6.38. The molecule has 17 heavy (non-hydrogen) atoms. The van der Waals surface area contributed by atoms with E-state index in [-0.39, 0.29) is 5.91 Å². The molecule has 0 aliphatic carbocycles. The van der Waals surface area contributed by atoms with Gasteiger partial charge in [-0.15, -0.1) is 0 Å². The minimum Gasteiger partial charge on any atom is -0.354 e. The van der Waals surface area contributed by atoms with Crippen molar-refractivity contribution in [1.29, 1.82) is 0 Å². The van der Waals surface area contributed by atoms with Crippen LogP contribution in [0.25, 0.3) is 0 Å². The van der Waals surface area contributed by atoms with Crippen LogP contribution < -0.4 is 11.1 Å². The van der Waals surface area contributed by atoms with Crippen LogP contribution in [0.3, 0.4) is 0 Å². The lowest BCUT2D eigenvalue weighted by molar-refractivity contribution is -0.126. The number of carbonyl (C=O) groups is 1. The van der Waals surface area contributed by atoms with Crippen molar-refractivity contribution < 1.29 is 4.79 Å². The third-order valence-electron chi connectivity index (χ3n) is 3.14. The van der Waals surface area contributed by atoms with Crippen LogP contribution in [0.5, 0.6) is 0 Å². The summed E-state index contributed by atoms with van der Waals surface area (Å²) < 4.78 is 0. The molecular weight excluding hydrogens is 214 g/mol. The Hall–Kier alpha value is -1.42. The molecule has 0 aromatic carbocycles. The van der Waals surface area contributed by atoms with Crippen molar-refractivity contribution in [3.05, 3.63) is 30.1 Å². The predicted octanol–water partition coefficient (Wildman–Crippen LogP) is 1.26. The van der Waals surface area contributed by atoms with Crippen molar-refractivity contribution in [2.24, 2.45) is 5.73 Å². The highest BCUT2D eigenvalue weighted by Crippen LogP contribution is 2.10. The molecule has 1 heterocycles. The maximum atomic E-state index is 11.9. The molecule has 0 bridgehead atoms. The number of nitrogens with zero attached hydrogens (tertiary/aromatic N) is 1. The van der Waals surface area contributed by atoms with Gasteiger partial charge in [-0.2, -0.15) is 0 Å². The van der Waals surface area contributed by atoms with Crippen LogP contribution in [-0.4, -0.2) is 23.0 Å². The van der Waals surface area contributed by atoms with Crippen LogP contribution >= 0.6 is 0 Å². The number of nitrogens with one attached hydrogen (secondary N) is 1. The van der Waals surface area contributed by atoms with Crippen LogP contribution in [0.1, 0.15) is 32.3 Å². The second kappa shape index (κ2) is 6.35. The highest BCUT2D eigenvalue weighted by molar-refractivity contribution is 5.85. The van der Waals surface area contributed by atoms with E-state index in [1.807, 2.05) is 32.2 Å². The fraction of sp³-hybridized carbons (Fsp3) is 0.538. The van der Waals surface area contributed by atoms with Crippen molar-refractivity contribution in [3.8, 4) is 0 Å². The summed E-state index contributed by atoms with van der Waals surface area (Å²) in [7, 11) is 0. The normalized spacial score (nSPS) is 11.2. The zero-order chi connectivity index (χ0) is 12.7. The number of carbonyl (C=O) groups excluding carboxylic acids is 1. The summed E-state index contributed by atoms with van der Waals surface area (Å²) >= 11 is 0. The van der Waals surface area contributed by atoms with Crippen LogP contribution in [0.15, 0.2) is 24.5 Å². The molecule has 94 valence electrons. The van der Waals surface area contributed by atoms with Crippen molar-refractivity contribution in [2.45, 2.75) is 38.6 Å². The molecule has 3 N–H and O–H groups in total. The standard InChI is InChI=1S/C13H21N3O/c1-3-13(14,4-2)12(17)16-9-7-11-6-5-8-15-10-11/h5-6,8,10H,3-4,7,9,14H2,1-2H3,(H,16,17). The summed E-state index contributed by atoms with van der Waals surface area (Å²) in [5.74, 6) is -0.0635. The third-order valence-corrected chi connectivity index (χ3v) is 3.14. The average Bonchev–Trinajstić information content (AvgIpc) is 2.39. The molecule has 0 spiro atoms. The van der Waals surface area contributed by atoms with E-state index in [0.717, 1.165) is 12.0 Å². The topological polar surface area (TPSA) is 68.0 Å². The second-order valence-electron chi connectivity index (χ2n) is 4.23. The molecule has 0 aliphatic rings. The molecule has 1 aromatic rings. The van der Waals surface area contributed by atoms with Crippen molar-refractivity contribution in [3.63, 3.8) is 0 Å². The fourth-order valence-electron chi connectivity index (χ4n) is 1.61. The van der Waals surface area contributed by atoms with Gasteiger partial charge in [0.05, 0.1) is 5.54 Å². The van der Waals surface area contributed by atoms with Gasteiger partial charge < -0.3 is 11.1 Å². The first-order valence-electron chi connectivity index (χ1n) is 6.08. The summed E-state index contributed by atoms with van der Waals surface area (Å²) in [5, 5.41) is 2.88. The molecule has 0 aliphatic heterocycles. The van der Waals surface area contributed by atoms with Gasteiger partial charge in [-0.05, 0) is 30.9 Å². The van der Waals surface area contributed by atoms with Gasteiger partial charge in [0.15, 0.2) is 0 Å². The molecule has 0 radical (unpaired) electrons. The summed E-state index contributed by atoms with van der Waals surface area (Å²) in [6, 6.07) is 3.89. The van der Waals surface area contributed by atoms with E-state index in [1.54, 1.807) is 6.20 Å². The van der Waals surface area contributed by atoms with Gasteiger partial charge in [0, 0.05) is 18.9 Å². The Morgan fingerprint density at radius 1 is 1.47 bits per heavy atom. The monoisotopic (exact) mass is 235 g/mol. The maximum absolute atomic E-state index is 11.9. The molecule has 1 rings (SSSR count). The fourth-order valence-corrected chi connectivity index (χ4v) is 1.61. The van der Waals surface area contributed by atoms with Gasteiger partial charge in [-0.3, -0.25) is 9.78 Å². The smallest absolute Gasteiger partial charge is 0.240 e. The van der Waals surface area contributed by atoms with E-state index in [2.05, 4.69) is 10.3 Å². The van der Waals surface area contributed by atoms with E-state index in [1.165, 1.54) is 0 Å². The number of rotatable bonds is 6. The highest BCUT2D eigenvalue weighted by Gasteiger charge is 2.29. The Kier molecular flexibility index (Phi) is 5.10. The Labute approximate surface area is 103 Å². The molecule has 1 amide bonds. The molecular formula is C13H21N3O. The SMILES string of the molecule is CCC(N)(CC)C(=O)NCCc1cccnc1. The zero-order valence-electron chi connectivity index (χ0n) is 10.6. The van der Waals surface area contributed by atoms with Crippen LogP contribution in [0.4, 0.5) is 0 Å². The lowest BCUT2D eigenvalue weighted by atomic mass is 9.93. The van der Waals surface area contributed by atoms with Crippen molar-refractivity contribution >= 4 is 5.91 Å². The van der Waals surface area contributed by atoms with Crippen molar-refractivity contribution in [1.82, 2.24) is 10.3 Å². The van der Waals surface area contributed by atoms with Gasteiger partial charge in [0.2, 0.25) is 5.91 Å². The quantitative estimate of drug-likeness (QED) is 0.780. The highest BCUT2D eigenvalue weighted by atomic mass is 16.2. The van der Waals surface area contributed by atoms with Gasteiger partial charge in [0.1, 0.15) is 0 Å². The Bertz CT molecular complexity index is 347. The number of nitrogens with two attached hydrogens (primary N) is 1. The Morgan fingerprint density at radius 2 is 2.18 bits per heavy atom. The summed E-state index contributed by atoms with van der Waals surface area (Å²) in [6.07, 6.45) is 5.64. The largest absolute Gasteiger partial charge is 0.354 e. The number of aromatic nitrogens is 1. The van der Waals surface area contributed by atoms with Crippen molar-refractivity contribution in [2.75, 3.05) is 6.54 Å².